The fraction of sp³-hybridized carbons (Fsp3) is 0.176. The van der Waals surface area contributed by atoms with Crippen LogP contribution >= 0.6 is 15.9 Å². The number of para-hydroxylation sites is 1. The van der Waals surface area contributed by atoms with E-state index in [-0.39, 0.29) is 11.9 Å². The maximum absolute atomic E-state index is 12.0. The summed E-state index contributed by atoms with van der Waals surface area (Å²) in [6.07, 6.45) is 5.99. The Kier molecular flexibility index (Phi) is 12.8. The van der Waals surface area contributed by atoms with Gasteiger partial charge in [0.05, 0.1) is 58.8 Å². The summed E-state index contributed by atoms with van der Waals surface area (Å²) in [4.78, 5) is 46.0. The molecule has 1 aliphatic rings. The lowest BCUT2D eigenvalue weighted by Gasteiger charge is -2.31. The summed E-state index contributed by atoms with van der Waals surface area (Å²) < 4.78 is 10.9. The van der Waals surface area contributed by atoms with Crippen molar-refractivity contribution in [3.63, 3.8) is 0 Å². The van der Waals surface area contributed by atoms with E-state index in [9.17, 15) is 9.59 Å². The number of ether oxygens (including phenoxy) is 2. The Morgan fingerprint density at radius 1 is 0.590 bits per heavy atom. The fourth-order valence-corrected chi connectivity index (χ4v) is 8.15. The molecule has 0 amide bonds. The average molecular weight is 871 g/mol. The molecule has 0 atom stereocenters. The number of benzene rings is 6. The number of nitrogens with zero attached hydrogens (tertiary/aromatic N) is 5. The first-order valence-corrected chi connectivity index (χ1v) is 21.2. The Labute approximate surface area is 363 Å². The Bertz CT molecular complexity index is 2840. The van der Waals surface area contributed by atoms with Crippen molar-refractivity contribution in [2.75, 3.05) is 25.7 Å². The number of rotatable bonds is 10. The van der Waals surface area contributed by atoms with E-state index in [1.165, 1.54) is 31.0 Å². The SMILES string of the molecule is COC(=O)c1ccc2nc(-c3ccccc3)c(CCCCc3ccccc3Br)nc2c1.COC(=O)c1ccc2nc(-c3ccccc3)c(N3CCCc4ccccc43)nc2c1. The monoisotopic (exact) mass is 869 g/mol. The Balaban J connectivity index is 0.000000168. The van der Waals surface area contributed by atoms with E-state index < -0.39 is 0 Å². The van der Waals surface area contributed by atoms with Crippen molar-refractivity contribution in [2.45, 2.75) is 38.5 Å². The van der Waals surface area contributed by atoms with Gasteiger partial charge in [-0.05, 0) is 98.2 Å². The minimum absolute atomic E-state index is 0.370. The maximum Gasteiger partial charge on any atom is 0.337 e. The number of methoxy groups -OCH3 is 2. The van der Waals surface area contributed by atoms with Crippen LogP contribution in [0.15, 0.2) is 150 Å². The zero-order chi connectivity index (χ0) is 42.1. The molecular weight excluding hydrogens is 826 g/mol. The maximum atomic E-state index is 12.0. The smallest absolute Gasteiger partial charge is 0.337 e. The van der Waals surface area contributed by atoms with E-state index in [1.807, 2.05) is 54.6 Å². The fourth-order valence-electron chi connectivity index (χ4n) is 7.67. The molecular formula is C51H44BrN5O4. The highest BCUT2D eigenvalue weighted by atomic mass is 79.9. The minimum Gasteiger partial charge on any atom is -0.465 e. The van der Waals surface area contributed by atoms with E-state index >= 15 is 0 Å². The molecule has 0 radical (unpaired) electrons. The number of carbonyl (C=O) groups excluding carboxylic acids is 2. The summed E-state index contributed by atoms with van der Waals surface area (Å²) in [5, 5.41) is 0. The first-order valence-electron chi connectivity index (χ1n) is 20.4. The van der Waals surface area contributed by atoms with Gasteiger partial charge in [0.1, 0.15) is 5.69 Å². The number of unbranched alkanes of at least 4 members (excludes halogenated alkanes) is 1. The second-order valence-electron chi connectivity index (χ2n) is 14.7. The third kappa shape index (κ3) is 9.35. The van der Waals surface area contributed by atoms with Crippen molar-refractivity contribution in [1.82, 2.24) is 19.9 Å². The number of carbonyl (C=O) groups is 2. The molecule has 10 heteroatoms. The van der Waals surface area contributed by atoms with Crippen molar-refractivity contribution in [3.05, 3.63) is 178 Å². The minimum atomic E-state index is -0.379. The van der Waals surface area contributed by atoms with Gasteiger partial charge >= 0.3 is 11.9 Å². The van der Waals surface area contributed by atoms with Crippen LogP contribution in [0.4, 0.5) is 11.5 Å². The zero-order valence-corrected chi connectivity index (χ0v) is 35.6. The number of anilines is 2. The molecule has 6 aromatic carbocycles. The molecule has 0 spiro atoms. The van der Waals surface area contributed by atoms with Gasteiger partial charge in [0, 0.05) is 27.8 Å². The van der Waals surface area contributed by atoms with E-state index in [0.717, 1.165) is 94.6 Å². The third-order valence-corrected chi connectivity index (χ3v) is 11.5. The molecule has 0 aliphatic carbocycles. The highest BCUT2D eigenvalue weighted by Gasteiger charge is 2.24. The summed E-state index contributed by atoms with van der Waals surface area (Å²) in [5.74, 6) is 0.0596. The summed E-state index contributed by atoms with van der Waals surface area (Å²) >= 11 is 3.63. The molecule has 0 unspecified atom stereocenters. The lowest BCUT2D eigenvalue weighted by molar-refractivity contribution is 0.0592. The van der Waals surface area contributed by atoms with Crippen LogP contribution < -0.4 is 4.90 Å². The normalized spacial score (nSPS) is 12.0. The molecule has 9 rings (SSSR count). The Hall–Kier alpha value is -6.78. The van der Waals surface area contributed by atoms with Crippen LogP contribution in [0.5, 0.6) is 0 Å². The Morgan fingerprint density at radius 3 is 1.80 bits per heavy atom. The number of hydrogen-bond donors (Lipinski definition) is 0. The van der Waals surface area contributed by atoms with Gasteiger partial charge in [-0.15, -0.1) is 0 Å². The van der Waals surface area contributed by atoms with E-state index in [4.69, 9.17) is 29.4 Å². The standard InChI is InChI=1S/C26H23BrN2O2.C25H21N3O2/c1-31-26(30)20-15-16-22-24(17-20)28-23(25(29-22)19-11-3-2-4-12-19)14-8-6-10-18-9-5-7-13-21(18)27;1-30-25(29)19-13-14-20-21(16-19)27-24(23(26-20)18-9-3-2-4-10-18)28-15-7-11-17-8-5-6-12-22(17)28/h2-5,7,9,11-13,15-17H,6,8,10,14H2,1H3;2-6,8-10,12-14,16H,7,11,15H2,1H3. The quantitative estimate of drug-likeness (QED) is 0.0980. The number of halogens is 1. The molecule has 0 bridgehead atoms. The van der Waals surface area contributed by atoms with Gasteiger partial charge in [-0.3, -0.25) is 0 Å². The van der Waals surface area contributed by atoms with E-state index in [1.54, 1.807) is 24.3 Å². The number of hydrogen-bond acceptors (Lipinski definition) is 9. The average Bonchev–Trinajstić information content (AvgIpc) is 3.32. The summed E-state index contributed by atoms with van der Waals surface area (Å²) in [7, 11) is 2.76. The van der Waals surface area contributed by atoms with Crippen molar-refractivity contribution < 1.29 is 19.1 Å². The van der Waals surface area contributed by atoms with Crippen LogP contribution in [0.1, 0.15) is 56.8 Å². The van der Waals surface area contributed by atoms with Crippen molar-refractivity contribution in [3.8, 4) is 22.5 Å². The molecule has 0 saturated carbocycles. The van der Waals surface area contributed by atoms with Gasteiger partial charge in [-0.2, -0.15) is 0 Å². The van der Waals surface area contributed by atoms with Gasteiger partial charge in [0.15, 0.2) is 5.82 Å². The van der Waals surface area contributed by atoms with Crippen LogP contribution in [0.2, 0.25) is 0 Å². The Morgan fingerprint density at radius 2 is 1.15 bits per heavy atom. The van der Waals surface area contributed by atoms with Gasteiger partial charge in [-0.1, -0.05) is 113 Å². The molecule has 8 aromatic rings. The van der Waals surface area contributed by atoms with E-state index in [2.05, 4.69) is 87.6 Å². The highest BCUT2D eigenvalue weighted by molar-refractivity contribution is 9.10. The second kappa shape index (κ2) is 19.1. The van der Waals surface area contributed by atoms with Gasteiger partial charge in [0.25, 0.3) is 0 Å². The van der Waals surface area contributed by atoms with Gasteiger partial charge < -0.3 is 14.4 Å². The van der Waals surface area contributed by atoms with Crippen LogP contribution in [-0.2, 0) is 28.7 Å². The molecule has 0 N–H and O–H groups in total. The molecule has 2 aromatic heterocycles. The predicted molar refractivity (Wildman–Crippen MR) is 245 cm³/mol. The van der Waals surface area contributed by atoms with Gasteiger partial charge in [0.2, 0.25) is 0 Å². The van der Waals surface area contributed by atoms with Crippen molar-refractivity contribution in [1.29, 1.82) is 0 Å². The van der Waals surface area contributed by atoms with Gasteiger partial charge in [-0.25, -0.2) is 29.5 Å². The molecule has 0 saturated heterocycles. The molecule has 9 nitrogen and oxygen atoms in total. The van der Waals surface area contributed by atoms with Crippen LogP contribution in [0, 0.1) is 0 Å². The van der Waals surface area contributed by atoms with Crippen LogP contribution in [0.3, 0.4) is 0 Å². The summed E-state index contributed by atoms with van der Waals surface area (Å²) in [5.41, 5.74) is 12.4. The topological polar surface area (TPSA) is 107 Å². The number of fused-ring (bicyclic) bond motifs is 3. The predicted octanol–water partition coefficient (Wildman–Crippen LogP) is 11.6. The molecule has 3 heterocycles. The first kappa shape index (κ1) is 41.0. The lowest BCUT2D eigenvalue weighted by atomic mass is 10.0. The van der Waals surface area contributed by atoms with Crippen molar-refractivity contribution >= 4 is 61.4 Å². The zero-order valence-electron chi connectivity index (χ0n) is 34.1. The molecule has 61 heavy (non-hydrogen) atoms. The molecule has 304 valence electrons. The van der Waals surface area contributed by atoms with Crippen LogP contribution in [0.25, 0.3) is 44.6 Å². The number of aryl methyl sites for hydroxylation is 3. The van der Waals surface area contributed by atoms with Crippen molar-refractivity contribution in [2.24, 2.45) is 0 Å². The first-order chi connectivity index (χ1) is 29.9. The third-order valence-electron chi connectivity index (χ3n) is 10.8. The lowest BCUT2D eigenvalue weighted by Crippen LogP contribution is -2.26. The summed E-state index contributed by atoms with van der Waals surface area (Å²) in [6, 6.07) is 47.7. The number of esters is 2. The largest absolute Gasteiger partial charge is 0.465 e. The molecule has 0 fully saturated rings. The second-order valence-corrected chi connectivity index (χ2v) is 15.6. The summed E-state index contributed by atoms with van der Waals surface area (Å²) in [6.45, 7) is 0.869. The molecule has 1 aliphatic heterocycles. The van der Waals surface area contributed by atoms with E-state index in [0.29, 0.717) is 22.2 Å². The number of aromatic nitrogens is 4. The highest BCUT2D eigenvalue weighted by Crippen LogP contribution is 2.38. The van der Waals surface area contributed by atoms with Crippen LogP contribution in [-0.4, -0.2) is 52.6 Å².